The van der Waals surface area contributed by atoms with Crippen LogP contribution in [0.5, 0.6) is 11.5 Å². The van der Waals surface area contributed by atoms with Gasteiger partial charge in [0, 0.05) is 29.4 Å². The van der Waals surface area contributed by atoms with E-state index in [2.05, 4.69) is 10.3 Å². The predicted molar refractivity (Wildman–Crippen MR) is 115 cm³/mol. The molecule has 0 radical (unpaired) electrons. The molecule has 1 unspecified atom stereocenters. The molecule has 1 aromatic carbocycles. The summed E-state index contributed by atoms with van der Waals surface area (Å²) in [5.74, 6) is -2.55. The summed E-state index contributed by atoms with van der Waals surface area (Å²) in [5.41, 5.74) is 11.5. The molecule has 2 heterocycles. The van der Waals surface area contributed by atoms with Crippen molar-refractivity contribution in [3.8, 4) is 11.5 Å². The number of rotatable bonds is 7. The quantitative estimate of drug-likeness (QED) is 0.225. The molecule has 0 aliphatic rings. The minimum atomic E-state index is -1.20. The molecule has 0 fully saturated rings. The average molecular weight is 439 g/mol. The number of hydrogen-bond acceptors (Lipinski definition) is 6. The van der Waals surface area contributed by atoms with Crippen LogP contribution in [-0.2, 0) is 11.3 Å². The van der Waals surface area contributed by atoms with E-state index in [1.54, 1.807) is 18.3 Å². The summed E-state index contributed by atoms with van der Waals surface area (Å²) in [6.45, 7) is 0.181. The van der Waals surface area contributed by atoms with Gasteiger partial charge in [-0.1, -0.05) is 6.07 Å². The van der Waals surface area contributed by atoms with Crippen molar-refractivity contribution in [1.29, 1.82) is 0 Å². The lowest BCUT2D eigenvalue weighted by Gasteiger charge is -2.18. The van der Waals surface area contributed by atoms with Crippen LogP contribution in [0.3, 0.4) is 0 Å². The van der Waals surface area contributed by atoms with Crippen LogP contribution in [0.4, 0.5) is 0 Å². The van der Waals surface area contributed by atoms with Gasteiger partial charge in [0.15, 0.2) is 5.96 Å². The number of aliphatic imine (C=N–C) groups is 1. The molecule has 2 aromatic heterocycles. The van der Waals surface area contributed by atoms with Gasteiger partial charge in [-0.3, -0.25) is 18.8 Å². The van der Waals surface area contributed by atoms with Crippen molar-refractivity contribution in [2.45, 2.75) is 19.0 Å². The number of aromatic hydroxyl groups is 2. The summed E-state index contributed by atoms with van der Waals surface area (Å²) in [6, 6.07) is 8.40. The highest BCUT2D eigenvalue weighted by Gasteiger charge is 2.21. The Bertz CT molecular complexity index is 1260. The summed E-state index contributed by atoms with van der Waals surface area (Å²) < 4.78 is 1.33. The Morgan fingerprint density at radius 2 is 1.75 bits per heavy atom. The maximum absolute atomic E-state index is 12.8. The Labute approximate surface area is 181 Å². The number of hydrogen-bond donors (Lipinski definition) is 6. The fourth-order valence-corrected chi connectivity index (χ4v) is 3.16. The van der Waals surface area contributed by atoms with Crippen molar-refractivity contribution < 1.29 is 24.9 Å². The average Bonchev–Trinajstić information content (AvgIpc) is 2.70. The van der Waals surface area contributed by atoms with Crippen molar-refractivity contribution in [3.05, 3.63) is 75.7 Å². The van der Waals surface area contributed by atoms with Gasteiger partial charge in [0.2, 0.25) is 0 Å². The van der Waals surface area contributed by atoms with E-state index in [1.807, 2.05) is 0 Å². The zero-order valence-electron chi connectivity index (χ0n) is 16.7. The molecule has 166 valence electrons. The lowest BCUT2D eigenvalue weighted by Crippen LogP contribution is -2.31. The molecule has 0 aliphatic carbocycles. The number of nitrogens with one attached hydrogen (secondary N) is 1. The van der Waals surface area contributed by atoms with Gasteiger partial charge >= 0.3 is 5.97 Å². The Balaban J connectivity index is 1.91. The number of carbonyl (C=O) groups is 2. The number of phenolic OH excluding ortho intramolecular Hbond substituents is 2. The van der Waals surface area contributed by atoms with Gasteiger partial charge in [0.25, 0.3) is 11.5 Å². The Morgan fingerprint density at radius 3 is 2.38 bits per heavy atom. The van der Waals surface area contributed by atoms with Crippen LogP contribution >= 0.6 is 0 Å². The Kier molecular flexibility index (Phi) is 6.29. The van der Waals surface area contributed by atoms with Crippen LogP contribution in [0.2, 0.25) is 0 Å². The molecule has 3 rings (SSSR count). The number of guanidine groups is 1. The van der Waals surface area contributed by atoms with E-state index in [9.17, 15) is 29.7 Å². The van der Waals surface area contributed by atoms with Crippen molar-refractivity contribution in [2.75, 3.05) is 0 Å². The molecule has 1 amide bonds. The van der Waals surface area contributed by atoms with E-state index in [0.29, 0.717) is 11.1 Å². The Hall–Kier alpha value is -4.54. The van der Waals surface area contributed by atoms with Gasteiger partial charge < -0.3 is 32.1 Å². The maximum atomic E-state index is 12.8. The third kappa shape index (κ3) is 5.33. The molecule has 32 heavy (non-hydrogen) atoms. The zero-order valence-corrected chi connectivity index (χ0v) is 16.7. The molecule has 0 saturated carbocycles. The topological polar surface area (TPSA) is 193 Å². The number of aliphatic carboxylic acids is 1. The standard InChI is InChI=1S/C21H21N5O6/c22-21(23)24-9-11-1-2-14-3-13(6-18(29)26(14)10-11)20(32)25-17(8-19(30)31)12-4-15(27)7-16(28)5-12/h1-7,10,17,27-28H,8-9H2,(H,25,32)(H,30,31)(H4,22,23,24). The number of nitrogens with two attached hydrogens (primary N) is 2. The van der Waals surface area contributed by atoms with Gasteiger partial charge in [-0.25, -0.2) is 4.99 Å². The molecule has 11 nitrogen and oxygen atoms in total. The summed E-state index contributed by atoms with van der Waals surface area (Å²) in [4.78, 5) is 40.5. The predicted octanol–water partition coefficient (Wildman–Crippen LogP) is 0.430. The minimum Gasteiger partial charge on any atom is -0.508 e. The zero-order chi connectivity index (χ0) is 23.4. The van der Waals surface area contributed by atoms with Crippen LogP contribution in [0.25, 0.3) is 5.52 Å². The molecule has 0 bridgehead atoms. The second-order valence-corrected chi connectivity index (χ2v) is 7.06. The van der Waals surface area contributed by atoms with Crippen LogP contribution < -0.4 is 22.3 Å². The van der Waals surface area contributed by atoms with Crippen LogP contribution in [0, 0.1) is 0 Å². The van der Waals surface area contributed by atoms with E-state index < -0.39 is 29.9 Å². The summed E-state index contributed by atoms with van der Waals surface area (Å²) in [6.07, 6.45) is 1.05. The first-order valence-electron chi connectivity index (χ1n) is 9.38. The van der Waals surface area contributed by atoms with Gasteiger partial charge in [-0.05, 0) is 35.4 Å². The largest absolute Gasteiger partial charge is 0.508 e. The molecular formula is C21H21N5O6. The number of carbonyl (C=O) groups excluding carboxylic acids is 1. The normalized spacial score (nSPS) is 11.6. The van der Waals surface area contributed by atoms with Gasteiger partial charge in [-0.2, -0.15) is 0 Å². The second kappa shape index (κ2) is 9.08. The van der Waals surface area contributed by atoms with E-state index in [0.717, 1.165) is 12.1 Å². The first-order chi connectivity index (χ1) is 15.1. The minimum absolute atomic E-state index is 0.0201. The number of aromatic nitrogens is 1. The third-order valence-corrected chi connectivity index (χ3v) is 4.58. The fraction of sp³-hybridized carbons (Fsp3) is 0.143. The summed E-state index contributed by atoms with van der Waals surface area (Å²) >= 11 is 0. The van der Waals surface area contributed by atoms with Crippen molar-refractivity contribution in [1.82, 2.24) is 9.72 Å². The highest BCUT2D eigenvalue weighted by Crippen LogP contribution is 2.27. The van der Waals surface area contributed by atoms with Gasteiger partial charge in [-0.15, -0.1) is 0 Å². The SMILES string of the molecule is NC(N)=NCc1ccc2cc(C(=O)NC(CC(=O)O)c3cc(O)cc(O)c3)cc(=O)n2c1. The third-order valence-electron chi connectivity index (χ3n) is 4.58. The highest BCUT2D eigenvalue weighted by atomic mass is 16.4. The molecule has 0 saturated heterocycles. The monoisotopic (exact) mass is 439 g/mol. The lowest BCUT2D eigenvalue weighted by atomic mass is 10.0. The molecule has 1 atom stereocenters. The van der Waals surface area contributed by atoms with Gasteiger partial charge in [0.1, 0.15) is 11.5 Å². The smallest absolute Gasteiger partial charge is 0.305 e. The highest BCUT2D eigenvalue weighted by molar-refractivity contribution is 5.95. The molecular weight excluding hydrogens is 418 g/mol. The van der Waals surface area contributed by atoms with E-state index in [1.165, 1.54) is 22.6 Å². The number of nitrogens with zero attached hydrogens (tertiary/aromatic N) is 2. The number of pyridine rings is 2. The maximum Gasteiger partial charge on any atom is 0.305 e. The van der Waals surface area contributed by atoms with Crippen molar-refractivity contribution >= 4 is 23.4 Å². The van der Waals surface area contributed by atoms with Crippen LogP contribution in [-0.4, -0.2) is 37.6 Å². The number of phenols is 2. The van der Waals surface area contributed by atoms with Gasteiger partial charge in [0.05, 0.1) is 19.0 Å². The van der Waals surface area contributed by atoms with Crippen molar-refractivity contribution in [2.24, 2.45) is 16.5 Å². The van der Waals surface area contributed by atoms with E-state index in [4.69, 9.17) is 11.5 Å². The molecule has 0 spiro atoms. The number of carboxylic acid groups (broad SMARTS) is 1. The van der Waals surface area contributed by atoms with Crippen molar-refractivity contribution in [3.63, 3.8) is 0 Å². The number of benzene rings is 1. The second-order valence-electron chi connectivity index (χ2n) is 7.06. The van der Waals surface area contributed by atoms with E-state index >= 15 is 0 Å². The summed E-state index contributed by atoms with van der Waals surface area (Å²) in [7, 11) is 0. The number of amides is 1. The fourth-order valence-electron chi connectivity index (χ4n) is 3.16. The molecule has 3 aromatic rings. The van der Waals surface area contributed by atoms with Crippen LogP contribution in [0.15, 0.2) is 58.4 Å². The lowest BCUT2D eigenvalue weighted by molar-refractivity contribution is -0.137. The molecule has 11 heteroatoms. The summed E-state index contributed by atoms with van der Waals surface area (Å²) in [5, 5.41) is 31.1. The van der Waals surface area contributed by atoms with E-state index in [-0.39, 0.29) is 35.1 Å². The molecule has 0 aliphatic heterocycles. The number of fused-ring (bicyclic) bond motifs is 1. The first-order valence-corrected chi connectivity index (χ1v) is 9.38. The Morgan fingerprint density at radius 1 is 1.06 bits per heavy atom. The molecule has 8 N–H and O–H groups in total. The number of carboxylic acids is 1. The first kappa shape index (κ1) is 22.2. The van der Waals surface area contributed by atoms with Crippen LogP contribution in [0.1, 0.15) is 33.9 Å².